The maximum Gasteiger partial charge on any atom is 0.270 e. The molecule has 0 spiro atoms. The molecule has 4 rings (SSSR count). The zero-order valence-corrected chi connectivity index (χ0v) is 13.5. The van der Waals surface area contributed by atoms with Crippen LogP contribution in [-0.2, 0) is 6.54 Å². The van der Waals surface area contributed by atoms with E-state index in [1.54, 1.807) is 0 Å². The summed E-state index contributed by atoms with van der Waals surface area (Å²) in [6, 6.07) is 9.55. The zero-order chi connectivity index (χ0) is 16.7. The third kappa shape index (κ3) is 2.46. The number of ether oxygens (including phenoxy) is 2. The molecule has 1 aliphatic rings. The highest BCUT2D eigenvalue weighted by Crippen LogP contribution is 2.32. The van der Waals surface area contributed by atoms with Crippen molar-refractivity contribution in [3.05, 3.63) is 59.0 Å². The molecule has 0 saturated heterocycles. The second kappa shape index (κ2) is 5.56. The number of hydrogen-bond acceptors (Lipinski definition) is 4. The number of carbonyl (C=O) groups excluding carboxylic acids is 1. The van der Waals surface area contributed by atoms with Gasteiger partial charge in [0.15, 0.2) is 11.5 Å². The Bertz CT molecular complexity index is 946. The smallest absolute Gasteiger partial charge is 0.270 e. The second-order valence-electron chi connectivity index (χ2n) is 5.85. The van der Waals surface area contributed by atoms with Gasteiger partial charge in [-0.25, -0.2) is 4.98 Å². The molecule has 1 amide bonds. The summed E-state index contributed by atoms with van der Waals surface area (Å²) in [6.45, 7) is 4.49. The minimum Gasteiger partial charge on any atom is -0.454 e. The number of nitrogens with zero attached hydrogens (tertiary/aromatic N) is 2. The van der Waals surface area contributed by atoms with Crippen LogP contribution in [0.1, 0.15) is 27.3 Å². The molecule has 0 aliphatic carbocycles. The predicted octanol–water partition coefficient (Wildman–Crippen LogP) is 2.61. The lowest BCUT2D eigenvalue weighted by molar-refractivity contribution is 0.0944. The minimum atomic E-state index is -0.150. The van der Waals surface area contributed by atoms with Crippen LogP contribution >= 0.6 is 0 Å². The molecule has 1 aromatic carbocycles. The van der Waals surface area contributed by atoms with Gasteiger partial charge in [0.2, 0.25) is 6.79 Å². The average Bonchev–Trinajstić information content (AvgIpc) is 3.15. The molecule has 1 aliphatic heterocycles. The summed E-state index contributed by atoms with van der Waals surface area (Å²) < 4.78 is 12.5. The average molecular weight is 323 g/mol. The van der Waals surface area contributed by atoms with E-state index in [9.17, 15) is 4.79 Å². The summed E-state index contributed by atoms with van der Waals surface area (Å²) in [4.78, 5) is 17.1. The molecule has 0 bridgehead atoms. The van der Waals surface area contributed by atoms with Crippen molar-refractivity contribution in [3.63, 3.8) is 0 Å². The van der Waals surface area contributed by atoms with E-state index < -0.39 is 0 Å². The summed E-state index contributed by atoms with van der Waals surface area (Å²) in [5.74, 6) is 1.30. The van der Waals surface area contributed by atoms with Gasteiger partial charge in [-0.05, 0) is 43.2 Å². The number of amides is 1. The first kappa shape index (κ1) is 14.6. The van der Waals surface area contributed by atoms with Crippen molar-refractivity contribution >= 4 is 11.6 Å². The van der Waals surface area contributed by atoms with Gasteiger partial charge in [-0.3, -0.25) is 9.20 Å². The number of pyridine rings is 1. The summed E-state index contributed by atoms with van der Waals surface area (Å²) >= 11 is 0. The van der Waals surface area contributed by atoms with Crippen molar-refractivity contribution in [1.82, 2.24) is 14.7 Å². The van der Waals surface area contributed by atoms with Crippen molar-refractivity contribution in [2.75, 3.05) is 6.79 Å². The molecule has 2 aromatic heterocycles. The molecular formula is C18H17N3O3. The van der Waals surface area contributed by atoms with Gasteiger partial charge in [0.05, 0.1) is 5.69 Å². The third-order valence-corrected chi connectivity index (χ3v) is 4.05. The lowest BCUT2D eigenvalue weighted by atomic mass is 10.2. The van der Waals surface area contributed by atoms with E-state index in [-0.39, 0.29) is 12.7 Å². The first-order valence-corrected chi connectivity index (χ1v) is 7.74. The molecule has 0 fully saturated rings. The maximum absolute atomic E-state index is 12.6. The van der Waals surface area contributed by atoms with Crippen LogP contribution in [0.4, 0.5) is 0 Å². The Balaban J connectivity index is 1.56. The number of imidazole rings is 1. The number of carbonyl (C=O) groups is 1. The number of rotatable bonds is 3. The normalized spacial score (nSPS) is 12.6. The van der Waals surface area contributed by atoms with Crippen LogP contribution in [0.3, 0.4) is 0 Å². The molecule has 0 saturated carbocycles. The summed E-state index contributed by atoms with van der Waals surface area (Å²) in [5.41, 5.74) is 4.07. The Labute approximate surface area is 139 Å². The van der Waals surface area contributed by atoms with Gasteiger partial charge in [-0.2, -0.15) is 0 Å². The highest BCUT2D eigenvalue weighted by molar-refractivity contribution is 5.94. The van der Waals surface area contributed by atoms with Gasteiger partial charge in [0.25, 0.3) is 5.91 Å². The Hall–Kier alpha value is -3.02. The number of fused-ring (bicyclic) bond motifs is 2. The molecule has 3 heterocycles. The number of aryl methyl sites for hydroxylation is 2. The van der Waals surface area contributed by atoms with E-state index in [0.29, 0.717) is 23.7 Å². The van der Waals surface area contributed by atoms with Gasteiger partial charge in [-0.15, -0.1) is 0 Å². The lowest BCUT2D eigenvalue weighted by Gasteiger charge is -2.07. The van der Waals surface area contributed by atoms with E-state index in [1.807, 2.05) is 54.8 Å². The van der Waals surface area contributed by atoms with Crippen molar-refractivity contribution in [3.8, 4) is 11.5 Å². The SMILES string of the molecule is Cc1ccc2nc(C)c(C(=O)NCc3ccc4c(c3)OCO4)n2c1. The Morgan fingerprint density at radius 3 is 2.92 bits per heavy atom. The van der Waals surface area contributed by atoms with Crippen LogP contribution in [-0.4, -0.2) is 22.1 Å². The van der Waals surface area contributed by atoms with Gasteiger partial charge in [0.1, 0.15) is 11.3 Å². The number of nitrogens with one attached hydrogen (secondary N) is 1. The molecule has 3 aromatic rings. The molecule has 0 atom stereocenters. The fraction of sp³-hybridized carbons (Fsp3) is 0.222. The number of benzene rings is 1. The molecule has 6 heteroatoms. The number of hydrogen-bond donors (Lipinski definition) is 1. The quantitative estimate of drug-likeness (QED) is 0.805. The first-order valence-electron chi connectivity index (χ1n) is 7.74. The summed E-state index contributed by atoms with van der Waals surface area (Å²) in [6.07, 6.45) is 1.92. The monoisotopic (exact) mass is 323 g/mol. The zero-order valence-electron chi connectivity index (χ0n) is 13.5. The van der Waals surface area contributed by atoms with Gasteiger partial charge >= 0.3 is 0 Å². The van der Waals surface area contributed by atoms with Crippen LogP contribution in [0.2, 0.25) is 0 Å². The Morgan fingerprint density at radius 2 is 2.04 bits per heavy atom. The molecule has 1 N–H and O–H groups in total. The van der Waals surface area contributed by atoms with E-state index in [1.165, 1.54) is 0 Å². The molecule has 0 unspecified atom stereocenters. The molecule has 24 heavy (non-hydrogen) atoms. The van der Waals surface area contributed by atoms with Crippen molar-refractivity contribution in [1.29, 1.82) is 0 Å². The third-order valence-electron chi connectivity index (χ3n) is 4.05. The molecule has 0 radical (unpaired) electrons. The largest absolute Gasteiger partial charge is 0.454 e. The topological polar surface area (TPSA) is 64.9 Å². The second-order valence-corrected chi connectivity index (χ2v) is 5.85. The van der Waals surface area contributed by atoms with E-state index in [0.717, 1.165) is 22.5 Å². The summed E-state index contributed by atoms with van der Waals surface area (Å²) in [7, 11) is 0. The van der Waals surface area contributed by atoms with E-state index >= 15 is 0 Å². The highest BCUT2D eigenvalue weighted by Gasteiger charge is 2.17. The van der Waals surface area contributed by atoms with Gasteiger partial charge in [0, 0.05) is 12.7 Å². The molecule has 122 valence electrons. The fourth-order valence-electron chi connectivity index (χ4n) is 2.86. The molecule has 6 nitrogen and oxygen atoms in total. The van der Waals surface area contributed by atoms with Crippen LogP contribution in [0, 0.1) is 13.8 Å². The van der Waals surface area contributed by atoms with Crippen molar-refractivity contribution < 1.29 is 14.3 Å². The van der Waals surface area contributed by atoms with Crippen LogP contribution in [0.15, 0.2) is 36.5 Å². The minimum absolute atomic E-state index is 0.150. The van der Waals surface area contributed by atoms with Crippen LogP contribution in [0.5, 0.6) is 11.5 Å². The Morgan fingerprint density at radius 1 is 1.21 bits per heavy atom. The van der Waals surface area contributed by atoms with Gasteiger partial charge in [-0.1, -0.05) is 12.1 Å². The number of aromatic nitrogens is 2. The van der Waals surface area contributed by atoms with E-state index in [2.05, 4.69) is 10.3 Å². The maximum atomic E-state index is 12.6. The van der Waals surface area contributed by atoms with E-state index in [4.69, 9.17) is 9.47 Å². The Kier molecular flexibility index (Phi) is 3.37. The van der Waals surface area contributed by atoms with Crippen molar-refractivity contribution in [2.45, 2.75) is 20.4 Å². The van der Waals surface area contributed by atoms with Crippen LogP contribution in [0.25, 0.3) is 5.65 Å². The first-order chi connectivity index (χ1) is 11.6. The van der Waals surface area contributed by atoms with Gasteiger partial charge < -0.3 is 14.8 Å². The lowest BCUT2D eigenvalue weighted by Crippen LogP contribution is -2.25. The standard InChI is InChI=1S/C18H17N3O3/c1-11-3-6-16-20-12(2)17(21(16)9-11)18(22)19-8-13-4-5-14-15(7-13)24-10-23-14/h3-7,9H,8,10H2,1-2H3,(H,19,22). The predicted molar refractivity (Wildman–Crippen MR) is 88.4 cm³/mol. The fourth-order valence-corrected chi connectivity index (χ4v) is 2.86. The van der Waals surface area contributed by atoms with Crippen LogP contribution < -0.4 is 14.8 Å². The van der Waals surface area contributed by atoms with Crippen molar-refractivity contribution in [2.24, 2.45) is 0 Å². The summed E-state index contributed by atoms with van der Waals surface area (Å²) in [5, 5.41) is 2.95. The highest BCUT2D eigenvalue weighted by atomic mass is 16.7. The molecular weight excluding hydrogens is 306 g/mol.